The molecule has 0 aromatic heterocycles. The molecule has 0 N–H and O–H groups in total. The quantitative estimate of drug-likeness (QED) is 0.0261. The molecule has 1 unspecified atom stereocenters. The Kier molecular flexibility index (Phi) is 63.4. The summed E-state index contributed by atoms with van der Waals surface area (Å²) in [6.07, 6.45) is 98.3. The lowest BCUT2D eigenvalue weighted by Crippen LogP contribution is -2.30. The minimum Gasteiger partial charge on any atom is -0.462 e. The average molecular weight is 1120 g/mol. The summed E-state index contributed by atoms with van der Waals surface area (Å²) in [7, 11) is 0. The number of carbonyl (C=O) groups is 3. The Morgan fingerprint density at radius 1 is 0.259 bits per heavy atom. The van der Waals surface area contributed by atoms with Crippen molar-refractivity contribution < 1.29 is 28.6 Å². The van der Waals surface area contributed by atoms with Crippen LogP contribution < -0.4 is 0 Å². The molecule has 0 heterocycles. The highest BCUT2D eigenvalue weighted by atomic mass is 16.6. The van der Waals surface area contributed by atoms with Crippen molar-refractivity contribution >= 4 is 17.9 Å². The SMILES string of the molecule is CC/C=C\C/C=C\C/C=C\C/C=C\C/C=C\C/C=C\C/C=C\C/C=C\CCCCCCCCCCC(=O)OCC(COC(=O)CCCCCCCCCCC)OC(=O)CCCCCCC/C=C\C/C=C\C/C=C\C/C=C\C/C=C\CC. The standard InChI is InChI=1S/C75H120O6/c1-4-7-10-13-16-19-21-23-25-27-29-31-32-33-34-35-36-37-38-39-40-41-42-44-45-47-49-51-53-56-59-62-65-68-74(77)80-71-72(70-79-73(76)67-64-61-58-55-18-15-12-9-6-3)81-75(78)69-66-63-60-57-54-52-50-48-46-43-30-28-26-24-22-20-17-14-11-8-5-2/h7-8,10-11,16-17,19-20,23-26,29-31,33-34,36-37,39-40,42-44,48,50,72H,4-6,9,12-15,18,21-22,27-28,32,35,38,41,45-47,49,51-71H2,1-3H3/b10-7-,11-8-,19-16-,20-17-,25-23-,26-24-,31-29-,34-33-,37-36-,40-39-,43-30-,44-42-,50-48-. The molecular weight excluding hydrogens is 997 g/mol. The molecule has 0 bridgehead atoms. The molecule has 81 heavy (non-hydrogen) atoms. The van der Waals surface area contributed by atoms with Gasteiger partial charge in [0.1, 0.15) is 13.2 Å². The van der Waals surface area contributed by atoms with Crippen LogP contribution in [0.2, 0.25) is 0 Å². The Morgan fingerprint density at radius 3 is 0.753 bits per heavy atom. The van der Waals surface area contributed by atoms with Gasteiger partial charge < -0.3 is 14.2 Å². The highest BCUT2D eigenvalue weighted by Crippen LogP contribution is 2.15. The summed E-state index contributed by atoms with van der Waals surface area (Å²) < 4.78 is 16.9. The summed E-state index contributed by atoms with van der Waals surface area (Å²) in [6.45, 7) is 6.37. The number of allylic oxidation sites excluding steroid dienone is 26. The van der Waals surface area contributed by atoms with Crippen LogP contribution >= 0.6 is 0 Å². The van der Waals surface area contributed by atoms with E-state index in [1.165, 1.54) is 70.6 Å². The maximum atomic E-state index is 12.9. The third-order valence-corrected chi connectivity index (χ3v) is 13.5. The zero-order valence-electron chi connectivity index (χ0n) is 52.2. The maximum Gasteiger partial charge on any atom is 0.306 e. The number of unbranched alkanes of at least 4 members (excludes halogenated alkanes) is 21. The number of esters is 3. The first kappa shape index (κ1) is 76.0. The van der Waals surface area contributed by atoms with Gasteiger partial charge in [-0.3, -0.25) is 14.4 Å². The summed E-state index contributed by atoms with van der Waals surface area (Å²) in [5.41, 5.74) is 0. The molecular formula is C75H120O6. The number of ether oxygens (including phenoxy) is 3. The first-order chi connectivity index (χ1) is 40.0. The van der Waals surface area contributed by atoms with Crippen molar-refractivity contribution in [3.63, 3.8) is 0 Å². The number of rotatable bonds is 58. The Morgan fingerprint density at radius 2 is 0.481 bits per heavy atom. The van der Waals surface area contributed by atoms with Crippen molar-refractivity contribution in [1.82, 2.24) is 0 Å². The van der Waals surface area contributed by atoms with Crippen LogP contribution in [0.15, 0.2) is 158 Å². The van der Waals surface area contributed by atoms with E-state index in [0.717, 1.165) is 167 Å². The van der Waals surface area contributed by atoms with E-state index in [2.05, 4.69) is 179 Å². The lowest BCUT2D eigenvalue weighted by Gasteiger charge is -2.18. The second kappa shape index (κ2) is 67.5. The summed E-state index contributed by atoms with van der Waals surface area (Å²) >= 11 is 0. The van der Waals surface area contributed by atoms with Gasteiger partial charge in [-0.2, -0.15) is 0 Å². The van der Waals surface area contributed by atoms with Gasteiger partial charge in [0.25, 0.3) is 0 Å². The third-order valence-electron chi connectivity index (χ3n) is 13.5. The van der Waals surface area contributed by atoms with Gasteiger partial charge in [0, 0.05) is 19.3 Å². The molecule has 0 aliphatic heterocycles. The van der Waals surface area contributed by atoms with Crippen LogP contribution in [0.25, 0.3) is 0 Å². The third kappa shape index (κ3) is 65.7. The van der Waals surface area contributed by atoms with E-state index < -0.39 is 6.10 Å². The summed E-state index contributed by atoms with van der Waals surface area (Å²) in [5.74, 6) is -0.924. The van der Waals surface area contributed by atoms with E-state index in [1.54, 1.807) is 0 Å². The molecule has 0 spiro atoms. The molecule has 0 saturated heterocycles. The Hall–Kier alpha value is -4.97. The largest absolute Gasteiger partial charge is 0.462 e. The topological polar surface area (TPSA) is 78.9 Å². The van der Waals surface area contributed by atoms with Crippen LogP contribution in [-0.2, 0) is 28.6 Å². The van der Waals surface area contributed by atoms with Crippen LogP contribution in [0.5, 0.6) is 0 Å². The van der Waals surface area contributed by atoms with E-state index in [9.17, 15) is 14.4 Å². The van der Waals surface area contributed by atoms with Crippen LogP contribution in [0, 0.1) is 0 Å². The van der Waals surface area contributed by atoms with Crippen LogP contribution in [-0.4, -0.2) is 37.2 Å². The van der Waals surface area contributed by atoms with Crippen molar-refractivity contribution in [2.75, 3.05) is 13.2 Å². The van der Waals surface area contributed by atoms with Crippen molar-refractivity contribution in [1.29, 1.82) is 0 Å². The minimum atomic E-state index is -0.797. The van der Waals surface area contributed by atoms with Gasteiger partial charge >= 0.3 is 17.9 Å². The number of hydrogen-bond donors (Lipinski definition) is 0. The number of carbonyl (C=O) groups excluding carboxylic acids is 3. The molecule has 0 aromatic carbocycles. The summed E-state index contributed by atoms with van der Waals surface area (Å²) in [4.78, 5) is 38.2. The van der Waals surface area contributed by atoms with Crippen LogP contribution in [0.3, 0.4) is 0 Å². The minimum absolute atomic E-state index is 0.0922. The van der Waals surface area contributed by atoms with Crippen molar-refractivity contribution in [3.05, 3.63) is 158 Å². The van der Waals surface area contributed by atoms with E-state index in [0.29, 0.717) is 19.3 Å². The lowest BCUT2D eigenvalue weighted by atomic mass is 10.1. The Labute approximate surface area is 499 Å². The normalized spacial score (nSPS) is 13.2. The van der Waals surface area contributed by atoms with Gasteiger partial charge in [-0.25, -0.2) is 0 Å². The van der Waals surface area contributed by atoms with Gasteiger partial charge in [-0.15, -0.1) is 0 Å². The smallest absolute Gasteiger partial charge is 0.306 e. The van der Waals surface area contributed by atoms with Crippen LogP contribution in [0.4, 0.5) is 0 Å². The molecule has 6 heteroatoms. The molecule has 0 rings (SSSR count). The van der Waals surface area contributed by atoms with Gasteiger partial charge in [0.15, 0.2) is 6.10 Å². The highest BCUT2D eigenvalue weighted by molar-refractivity contribution is 5.71. The first-order valence-electron chi connectivity index (χ1n) is 33.0. The molecule has 0 saturated carbocycles. The van der Waals surface area contributed by atoms with Crippen molar-refractivity contribution in [2.24, 2.45) is 0 Å². The highest BCUT2D eigenvalue weighted by Gasteiger charge is 2.19. The van der Waals surface area contributed by atoms with Crippen LogP contribution in [0.1, 0.15) is 278 Å². The molecule has 456 valence electrons. The molecule has 0 aromatic rings. The summed E-state index contributed by atoms with van der Waals surface area (Å²) in [6, 6.07) is 0. The average Bonchev–Trinajstić information content (AvgIpc) is 3.47. The zero-order valence-corrected chi connectivity index (χ0v) is 52.2. The van der Waals surface area contributed by atoms with E-state index >= 15 is 0 Å². The van der Waals surface area contributed by atoms with E-state index in [4.69, 9.17) is 14.2 Å². The Bertz CT molecular complexity index is 1810. The fraction of sp³-hybridized carbons (Fsp3) is 0.613. The predicted molar refractivity (Wildman–Crippen MR) is 352 cm³/mol. The second-order valence-electron chi connectivity index (χ2n) is 21.3. The molecule has 0 fully saturated rings. The van der Waals surface area contributed by atoms with E-state index in [1.807, 2.05) is 0 Å². The van der Waals surface area contributed by atoms with Gasteiger partial charge in [0.2, 0.25) is 0 Å². The fourth-order valence-electron chi connectivity index (χ4n) is 8.66. The van der Waals surface area contributed by atoms with Gasteiger partial charge in [-0.05, 0) is 128 Å². The molecule has 0 aliphatic rings. The van der Waals surface area contributed by atoms with Gasteiger partial charge in [0.05, 0.1) is 0 Å². The maximum absolute atomic E-state index is 12.9. The molecule has 1 atom stereocenters. The number of hydrogen-bond acceptors (Lipinski definition) is 6. The summed E-state index contributed by atoms with van der Waals surface area (Å²) in [5, 5.41) is 0. The van der Waals surface area contributed by atoms with Crippen molar-refractivity contribution in [3.8, 4) is 0 Å². The fourth-order valence-corrected chi connectivity index (χ4v) is 8.66. The lowest BCUT2D eigenvalue weighted by molar-refractivity contribution is -0.167. The van der Waals surface area contributed by atoms with E-state index in [-0.39, 0.29) is 31.1 Å². The molecule has 0 aliphatic carbocycles. The molecule has 6 nitrogen and oxygen atoms in total. The first-order valence-corrected chi connectivity index (χ1v) is 33.0. The Balaban J connectivity index is 4.27. The molecule has 0 radical (unpaired) electrons. The predicted octanol–water partition coefficient (Wildman–Crippen LogP) is 22.9. The van der Waals surface area contributed by atoms with Gasteiger partial charge in [-0.1, -0.05) is 288 Å². The van der Waals surface area contributed by atoms with Crippen molar-refractivity contribution in [2.45, 2.75) is 284 Å². The molecule has 0 amide bonds. The monoisotopic (exact) mass is 1120 g/mol. The second-order valence-corrected chi connectivity index (χ2v) is 21.3. The zero-order chi connectivity index (χ0) is 58.5.